The molecular weight excluding hydrogens is 285 g/mol. The summed E-state index contributed by atoms with van der Waals surface area (Å²) in [6.45, 7) is 2.51. The maximum atomic E-state index is 13.6. The molecule has 0 fully saturated rings. The first-order valence-electron chi connectivity index (χ1n) is 5.37. The molecule has 1 heterocycles. The Bertz CT molecular complexity index is 484. The van der Waals surface area contributed by atoms with Gasteiger partial charge in [-0.05, 0) is 37.3 Å². The molecule has 2 nitrogen and oxygen atoms in total. The molecule has 0 aliphatic rings. The third-order valence-corrected chi connectivity index (χ3v) is 3.08. The molecule has 90 valence electrons. The smallest absolute Gasteiger partial charge is 0.128 e. The quantitative estimate of drug-likeness (QED) is 0.922. The molecule has 0 radical (unpaired) electrons. The number of benzene rings is 1. The Morgan fingerprint density at radius 3 is 2.94 bits per heavy atom. The Balaban J connectivity index is 2.04. The summed E-state index contributed by atoms with van der Waals surface area (Å²) >= 11 is 3.34. The molecule has 2 rings (SSSR count). The van der Waals surface area contributed by atoms with Crippen molar-refractivity contribution in [2.75, 3.05) is 0 Å². The molecule has 1 aromatic heterocycles. The molecule has 1 aromatic carbocycles. The van der Waals surface area contributed by atoms with Crippen molar-refractivity contribution in [3.8, 4) is 0 Å². The zero-order chi connectivity index (χ0) is 12.3. The molecular formula is C13H13BrFNO. The summed E-state index contributed by atoms with van der Waals surface area (Å²) in [7, 11) is 0. The average Bonchev–Trinajstić information content (AvgIpc) is 2.82. The molecule has 1 atom stereocenters. The van der Waals surface area contributed by atoms with Gasteiger partial charge in [-0.1, -0.05) is 15.9 Å². The van der Waals surface area contributed by atoms with Crippen molar-refractivity contribution in [2.24, 2.45) is 0 Å². The van der Waals surface area contributed by atoms with Crippen LogP contribution in [0.3, 0.4) is 0 Å². The third-order valence-electron chi connectivity index (χ3n) is 2.59. The summed E-state index contributed by atoms with van der Waals surface area (Å²) in [4.78, 5) is 0. The first kappa shape index (κ1) is 12.3. The van der Waals surface area contributed by atoms with Crippen LogP contribution in [-0.4, -0.2) is 0 Å². The number of hydrogen-bond acceptors (Lipinski definition) is 2. The summed E-state index contributed by atoms with van der Waals surface area (Å²) in [5, 5.41) is 3.21. The Kier molecular flexibility index (Phi) is 3.97. The molecule has 17 heavy (non-hydrogen) atoms. The van der Waals surface area contributed by atoms with E-state index in [1.807, 2.05) is 19.1 Å². The lowest BCUT2D eigenvalue weighted by molar-refractivity contribution is 0.453. The van der Waals surface area contributed by atoms with Crippen molar-refractivity contribution >= 4 is 15.9 Å². The highest BCUT2D eigenvalue weighted by Gasteiger charge is 2.11. The number of hydrogen-bond donors (Lipinski definition) is 1. The van der Waals surface area contributed by atoms with E-state index in [1.54, 1.807) is 18.4 Å². The second-order valence-corrected chi connectivity index (χ2v) is 4.76. The van der Waals surface area contributed by atoms with E-state index in [0.29, 0.717) is 12.1 Å². The van der Waals surface area contributed by atoms with Gasteiger partial charge in [0.05, 0.1) is 12.8 Å². The van der Waals surface area contributed by atoms with E-state index in [9.17, 15) is 4.39 Å². The topological polar surface area (TPSA) is 25.2 Å². The van der Waals surface area contributed by atoms with Crippen molar-refractivity contribution in [1.82, 2.24) is 5.32 Å². The van der Waals surface area contributed by atoms with Crippen molar-refractivity contribution in [2.45, 2.75) is 19.5 Å². The fourth-order valence-corrected chi connectivity index (χ4v) is 2.00. The minimum atomic E-state index is -0.201. The highest BCUT2D eigenvalue weighted by Crippen LogP contribution is 2.21. The van der Waals surface area contributed by atoms with Crippen molar-refractivity contribution in [3.05, 3.63) is 58.2 Å². The van der Waals surface area contributed by atoms with Crippen LogP contribution in [0.1, 0.15) is 24.3 Å². The van der Waals surface area contributed by atoms with Gasteiger partial charge >= 0.3 is 0 Å². The van der Waals surface area contributed by atoms with Gasteiger partial charge in [-0.25, -0.2) is 4.39 Å². The molecule has 0 saturated heterocycles. The maximum absolute atomic E-state index is 13.6. The highest BCUT2D eigenvalue weighted by molar-refractivity contribution is 9.10. The molecule has 4 heteroatoms. The normalized spacial score (nSPS) is 12.6. The van der Waals surface area contributed by atoms with Crippen LogP contribution in [0.4, 0.5) is 4.39 Å². The number of rotatable bonds is 4. The number of nitrogens with one attached hydrogen (secondary N) is 1. The fraction of sp³-hybridized carbons (Fsp3) is 0.231. The molecule has 1 N–H and O–H groups in total. The zero-order valence-electron chi connectivity index (χ0n) is 9.41. The molecule has 0 amide bonds. The van der Waals surface area contributed by atoms with Crippen LogP contribution < -0.4 is 5.32 Å². The molecule has 0 spiro atoms. The minimum Gasteiger partial charge on any atom is -0.468 e. The summed E-state index contributed by atoms with van der Waals surface area (Å²) in [6, 6.07) is 8.59. The van der Waals surface area contributed by atoms with E-state index in [0.717, 1.165) is 10.2 Å². The zero-order valence-corrected chi connectivity index (χ0v) is 11.0. The number of furan rings is 1. The Morgan fingerprint density at radius 1 is 1.41 bits per heavy atom. The SMILES string of the molecule is CC(NCc1ccco1)c1cc(Br)ccc1F. The lowest BCUT2D eigenvalue weighted by Gasteiger charge is -2.14. The molecule has 1 unspecified atom stereocenters. The minimum absolute atomic E-state index is 0.0717. The molecule has 0 aliphatic carbocycles. The fourth-order valence-electron chi connectivity index (χ4n) is 1.62. The predicted molar refractivity (Wildman–Crippen MR) is 68.1 cm³/mol. The van der Waals surface area contributed by atoms with Gasteiger partial charge in [0, 0.05) is 16.1 Å². The maximum Gasteiger partial charge on any atom is 0.128 e. The van der Waals surface area contributed by atoms with Crippen LogP contribution in [0.5, 0.6) is 0 Å². The van der Waals surface area contributed by atoms with Gasteiger partial charge in [0.15, 0.2) is 0 Å². The Labute approximate surface area is 108 Å². The van der Waals surface area contributed by atoms with E-state index < -0.39 is 0 Å². The summed E-state index contributed by atoms with van der Waals surface area (Å²) in [6.07, 6.45) is 1.63. The third kappa shape index (κ3) is 3.17. The van der Waals surface area contributed by atoms with E-state index >= 15 is 0 Å². The molecule has 0 aliphatic heterocycles. The van der Waals surface area contributed by atoms with Gasteiger partial charge in [-0.2, -0.15) is 0 Å². The monoisotopic (exact) mass is 297 g/mol. The van der Waals surface area contributed by atoms with Crippen molar-refractivity contribution < 1.29 is 8.81 Å². The molecule has 0 saturated carbocycles. The molecule has 2 aromatic rings. The largest absolute Gasteiger partial charge is 0.468 e. The second kappa shape index (κ2) is 5.47. The first-order valence-corrected chi connectivity index (χ1v) is 6.17. The van der Waals surface area contributed by atoms with Gasteiger partial charge in [-0.3, -0.25) is 0 Å². The Hall–Kier alpha value is -1.13. The van der Waals surface area contributed by atoms with Crippen molar-refractivity contribution in [3.63, 3.8) is 0 Å². The van der Waals surface area contributed by atoms with Crippen LogP contribution in [0.2, 0.25) is 0 Å². The van der Waals surface area contributed by atoms with Crippen LogP contribution >= 0.6 is 15.9 Å². The van der Waals surface area contributed by atoms with Gasteiger partial charge in [0.25, 0.3) is 0 Å². The average molecular weight is 298 g/mol. The lowest BCUT2D eigenvalue weighted by atomic mass is 10.1. The van der Waals surface area contributed by atoms with Gasteiger partial charge in [0.2, 0.25) is 0 Å². The first-order chi connectivity index (χ1) is 8.16. The van der Waals surface area contributed by atoms with Crippen LogP contribution in [0, 0.1) is 5.82 Å². The van der Waals surface area contributed by atoms with E-state index in [1.165, 1.54) is 6.07 Å². The second-order valence-electron chi connectivity index (χ2n) is 3.85. The molecule has 0 bridgehead atoms. The standard InChI is InChI=1S/C13H13BrFNO/c1-9(16-8-11-3-2-6-17-11)12-7-10(14)4-5-13(12)15/h2-7,9,16H,8H2,1H3. The van der Waals surface area contributed by atoms with Crippen LogP contribution in [-0.2, 0) is 6.54 Å². The van der Waals surface area contributed by atoms with E-state index in [2.05, 4.69) is 21.2 Å². The van der Waals surface area contributed by atoms with Gasteiger partial charge < -0.3 is 9.73 Å². The van der Waals surface area contributed by atoms with Crippen LogP contribution in [0.25, 0.3) is 0 Å². The van der Waals surface area contributed by atoms with Crippen LogP contribution in [0.15, 0.2) is 45.5 Å². The summed E-state index contributed by atoms with van der Waals surface area (Å²) < 4.78 is 19.7. The number of halogens is 2. The highest BCUT2D eigenvalue weighted by atomic mass is 79.9. The summed E-state index contributed by atoms with van der Waals surface area (Å²) in [5.41, 5.74) is 0.644. The van der Waals surface area contributed by atoms with E-state index in [-0.39, 0.29) is 11.9 Å². The lowest BCUT2D eigenvalue weighted by Crippen LogP contribution is -2.18. The van der Waals surface area contributed by atoms with E-state index in [4.69, 9.17) is 4.42 Å². The summed E-state index contributed by atoms with van der Waals surface area (Å²) in [5.74, 6) is 0.639. The van der Waals surface area contributed by atoms with Crippen molar-refractivity contribution in [1.29, 1.82) is 0 Å². The predicted octanol–water partition coefficient (Wildman–Crippen LogP) is 4.03. The Morgan fingerprint density at radius 2 is 2.24 bits per heavy atom. The van der Waals surface area contributed by atoms with Gasteiger partial charge in [0.1, 0.15) is 11.6 Å². The van der Waals surface area contributed by atoms with Gasteiger partial charge in [-0.15, -0.1) is 0 Å².